The van der Waals surface area contributed by atoms with E-state index in [1.165, 1.54) is 12.8 Å². The van der Waals surface area contributed by atoms with E-state index in [9.17, 15) is 9.59 Å². The van der Waals surface area contributed by atoms with E-state index in [-0.39, 0.29) is 17.9 Å². The number of rotatable bonds is 4. The van der Waals surface area contributed by atoms with Crippen molar-refractivity contribution in [2.45, 2.75) is 57.6 Å². The van der Waals surface area contributed by atoms with Crippen LogP contribution in [0.15, 0.2) is 24.4 Å². The molecule has 2 aromatic heterocycles. The molecule has 5 rings (SSSR count). The van der Waals surface area contributed by atoms with Crippen molar-refractivity contribution in [3.63, 3.8) is 0 Å². The van der Waals surface area contributed by atoms with Gasteiger partial charge in [-0.15, -0.1) is 0 Å². The lowest BCUT2D eigenvalue weighted by atomic mass is 10.1. The average Bonchev–Trinajstić information content (AvgIpc) is 3.48. The van der Waals surface area contributed by atoms with Crippen LogP contribution in [-0.4, -0.2) is 68.7 Å². The van der Waals surface area contributed by atoms with Crippen LogP contribution in [0.2, 0.25) is 0 Å². The normalized spacial score (nSPS) is 19.4. The van der Waals surface area contributed by atoms with Crippen LogP contribution in [-0.2, 0) is 13.0 Å². The summed E-state index contributed by atoms with van der Waals surface area (Å²) in [6, 6.07) is 5.50. The molecule has 2 aromatic rings. The van der Waals surface area contributed by atoms with E-state index < -0.39 is 0 Å². The van der Waals surface area contributed by atoms with Gasteiger partial charge in [0.25, 0.3) is 11.8 Å². The van der Waals surface area contributed by atoms with Gasteiger partial charge in [-0.05, 0) is 57.1 Å². The van der Waals surface area contributed by atoms with Crippen molar-refractivity contribution in [3.8, 4) is 5.88 Å². The molecule has 0 radical (unpaired) electrons. The van der Waals surface area contributed by atoms with E-state index in [0.29, 0.717) is 43.3 Å². The molecule has 164 valence electrons. The highest BCUT2D eigenvalue weighted by atomic mass is 16.5. The number of hydrogen-bond donors (Lipinski definition) is 0. The number of carbonyl (C=O) groups excluding carboxylic acids is 2. The Morgan fingerprint density at radius 1 is 0.903 bits per heavy atom. The van der Waals surface area contributed by atoms with E-state index in [2.05, 4.69) is 10.1 Å². The van der Waals surface area contributed by atoms with Crippen molar-refractivity contribution >= 4 is 11.8 Å². The SMILES string of the molecule is O=C(c1ccc(OC2CCCC2)nc1)N1CCN(C(=O)c2cc3n(n2)CCCC3)CC1. The molecule has 4 heterocycles. The minimum atomic E-state index is -0.0514. The number of aromatic nitrogens is 3. The summed E-state index contributed by atoms with van der Waals surface area (Å²) < 4.78 is 7.84. The number of hydrogen-bond acceptors (Lipinski definition) is 5. The Kier molecular flexibility index (Phi) is 5.61. The van der Waals surface area contributed by atoms with E-state index in [1.807, 2.05) is 10.7 Å². The number of nitrogens with zero attached hydrogens (tertiary/aromatic N) is 5. The second kappa shape index (κ2) is 8.69. The number of piperazine rings is 1. The number of aryl methyl sites for hydroxylation is 2. The van der Waals surface area contributed by atoms with Crippen molar-refractivity contribution in [2.75, 3.05) is 26.2 Å². The molecule has 0 unspecified atom stereocenters. The second-order valence-corrected chi connectivity index (χ2v) is 8.69. The third-order valence-electron chi connectivity index (χ3n) is 6.56. The van der Waals surface area contributed by atoms with Crippen LogP contribution in [0.1, 0.15) is 65.1 Å². The lowest BCUT2D eigenvalue weighted by Gasteiger charge is -2.34. The fourth-order valence-corrected chi connectivity index (χ4v) is 4.73. The summed E-state index contributed by atoms with van der Waals surface area (Å²) in [5, 5.41) is 4.50. The minimum Gasteiger partial charge on any atom is -0.474 e. The van der Waals surface area contributed by atoms with Crippen LogP contribution in [0.4, 0.5) is 0 Å². The first kappa shape index (κ1) is 20.0. The molecular formula is C23H29N5O3. The fourth-order valence-electron chi connectivity index (χ4n) is 4.73. The highest BCUT2D eigenvalue weighted by Crippen LogP contribution is 2.23. The molecule has 2 aliphatic heterocycles. The molecule has 0 spiro atoms. The maximum absolute atomic E-state index is 12.9. The Balaban J connectivity index is 1.16. The molecule has 1 aliphatic carbocycles. The standard InChI is InChI=1S/C23H29N5O3/c29-22(17-8-9-21(24-16-17)31-19-6-1-2-7-19)26-11-13-27(14-12-26)23(30)20-15-18-5-3-4-10-28(18)25-20/h8-9,15-16,19H,1-7,10-14H2. The molecule has 1 saturated carbocycles. The van der Waals surface area contributed by atoms with E-state index >= 15 is 0 Å². The molecule has 1 saturated heterocycles. The van der Waals surface area contributed by atoms with Gasteiger partial charge in [-0.1, -0.05) is 0 Å². The van der Waals surface area contributed by atoms with Crippen LogP contribution >= 0.6 is 0 Å². The molecule has 0 aromatic carbocycles. The van der Waals surface area contributed by atoms with Crippen molar-refractivity contribution < 1.29 is 14.3 Å². The molecular weight excluding hydrogens is 394 g/mol. The van der Waals surface area contributed by atoms with Crippen molar-refractivity contribution in [1.29, 1.82) is 0 Å². The van der Waals surface area contributed by atoms with Crippen molar-refractivity contribution in [3.05, 3.63) is 41.3 Å². The third-order valence-corrected chi connectivity index (χ3v) is 6.56. The minimum absolute atomic E-state index is 0.0379. The quantitative estimate of drug-likeness (QED) is 0.755. The van der Waals surface area contributed by atoms with Gasteiger partial charge >= 0.3 is 0 Å². The maximum Gasteiger partial charge on any atom is 0.274 e. The Bertz CT molecular complexity index is 917. The molecule has 2 amide bonds. The molecule has 0 N–H and O–H groups in total. The van der Waals surface area contributed by atoms with Crippen LogP contribution in [0.3, 0.4) is 0 Å². The topological polar surface area (TPSA) is 80.6 Å². The van der Waals surface area contributed by atoms with Gasteiger partial charge in [0.05, 0.1) is 5.56 Å². The van der Waals surface area contributed by atoms with Gasteiger partial charge in [-0.2, -0.15) is 5.10 Å². The molecule has 0 atom stereocenters. The Morgan fingerprint density at radius 3 is 2.32 bits per heavy atom. The highest BCUT2D eigenvalue weighted by Gasteiger charge is 2.28. The number of carbonyl (C=O) groups is 2. The van der Waals surface area contributed by atoms with Gasteiger partial charge in [0.2, 0.25) is 5.88 Å². The number of ether oxygens (including phenoxy) is 1. The van der Waals surface area contributed by atoms with Crippen LogP contribution in [0.25, 0.3) is 0 Å². The smallest absolute Gasteiger partial charge is 0.274 e. The zero-order valence-electron chi connectivity index (χ0n) is 17.8. The van der Waals surface area contributed by atoms with Crippen LogP contribution < -0.4 is 4.74 Å². The second-order valence-electron chi connectivity index (χ2n) is 8.69. The summed E-state index contributed by atoms with van der Waals surface area (Å²) >= 11 is 0. The van der Waals surface area contributed by atoms with E-state index in [4.69, 9.17) is 4.74 Å². The largest absolute Gasteiger partial charge is 0.474 e. The summed E-state index contributed by atoms with van der Waals surface area (Å²) in [7, 11) is 0. The summed E-state index contributed by atoms with van der Waals surface area (Å²) in [5.74, 6) is 0.496. The van der Waals surface area contributed by atoms with Gasteiger partial charge in [-0.3, -0.25) is 14.3 Å². The summed E-state index contributed by atoms with van der Waals surface area (Å²) in [4.78, 5) is 33.6. The molecule has 0 bridgehead atoms. The third kappa shape index (κ3) is 4.29. The van der Waals surface area contributed by atoms with Crippen molar-refractivity contribution in [2.24, 2.45) is 0 Å². The molecule has 3 aliphatic rings. The van der Waals surface area contributed by atoms with Gasteiger partial charge in [0.1, 0.15) is 6.10 Å². The predicted molar refractivity (Wildman–Crippen MR) is 114 cm³/mol. The summed E-state index contributed by atoms with van der Waals surface area (Å²) in [5.41, 5.74) is 2.23. The number of amides is 2. The summed E-state index contributed by atoms with van der Waals surface area (Å²) in [6.07, 6.45) is 9.67. The summed E-state index contributed by atoms with van der Waals surface area (Å²) in [6.45, 7) is 2.95. The van der Waals surface area contributed by atoms with Gasteiger partial charge in [-0.25, -0.2) is 4.98 Å². The average molecular weight is 424 g/mol. The monoisotopic (exact) mass is 423 g/mol. The van der Waals surface area contributed by atoms with Crippen LogP contribution in [0.5, 0.6) is 5.88 Å². The van der Waals surface area contributed by atoms with Crippen LogP contribution in [0, 0.1) is 0 Å². The lowest BCUT2D eigenvalue weighted by Crippen LogP contribution is -2.50. The van der Waals surface area contributed by atoms with Gasteiger partial charge in [0.15, 0.2) is 5.69 Å². The zero-order chi connectivity index (χ0) is 21.2. The maximum atomic E-state index is 12.9. The van der Waals surface area contributed by atoms with Gasteiger partial charge < -0.3 is 14.5 Å². The Hall–Kier alpha value is -2.90. The first-order chi connectivity index (χ1) is 15.2. The molecule has 2 fully saturated rings. The fraction of sp³-hybridized carbons (Fsp3) is 0.565. The molecule has 8 nitrogen and oxygen atoms in total. The highest BCUT2D eigenvalue weighted by molar-refractivity contribution is 5.95. The molecule has 31 heavy (non-hydrogen) atoms. The number of fused-ring (bicyclic) bond motifs is 1. The Morgan fingerprint density at radius 2 is 1.65 bits per heavy atom. The van der Waals surface area contributed by atoms with Gasteiger partial charge in [0, 0.05) is 50.7 Å². The first-order valence-corrected chi connectivity index (χ1v) is 11.5. The lowest BCUT2D eigenvalue weighted by molar-refractivity contribution is 0.0531. The Labute approximate surface area is 182 Å². The van der Waals surface area contributed by atoms with E-state index in [0.717, 1.165) is 44.3 Å². The zero-order valence-corrected chi connectivity index (χ0v) is 17.8. The predicted octanol–water partition coefficient (Wildman–Crippen LogP) is 2.53. The van der Waals surface area contributed by atoms with E-state index in [1.54, 1.807) is 28.1 Å². The first-order valence-electron chi connectivity index (χ1n) is 11.5. The molecule has 8 heteroatoms. The number of pyridine rings is 1. The van der Waals surface area contributed by atoms with Crippen molar-refractivity contribution in [1.82, 2.24) is 24.6 Å².